The second-order valence-electron chi connectivity index (χ2n) is 4.11. The van der Waals surface area contributed by atoms with Crippen LogP contribution in [0, 0.1) is 0 Å². The third-order valence-corrected chi connectivity index (χ3v) is 3.74. The molecule has 0 fully saturated rings. The van der Waals surface area contributed by atoms with Crippen molar-refractivity contribution in [3.63, 3.8) is 0 Å². The van der Waals surface area contributed by atoms with Gasteiger partial charge in [-0.05, 0) is 29.8 Å². The smallest absolute Gasteiger partial charge is 0.161 e. The molecular weight excluding hydrogens is 306 g/mol. The van der Waals surface area contributed by atoms with E-state index >= 15 is 0 Å². The van der Waals surface area contributed by atoms with Crippen LogP contribution in [0.2, 0.25) is 0 Å². The fourth-order valence-electron chi connectivity index (χ4n) is 1.87. The molecule has 19 heavy (non-hydrogen) atoms. The quantitative estimate of drug-likeness (QED) is 0.785. The van der Waals surface area contributed by atoms with E-state index in [1.165, 1.54) is 0 Å². The van der Waals surface area contributed by atoms with Gasteiger partial charge in [0.25, 0.3) is 0 Å². The molecule has 0 aliphatic carbocycles. The van der Waals surface area contributed by atoms with Crippen LogP contribution in [0.1, 0.15) is 16.1 Å². The molecule has 2 rings (SSSR count). The van der Waals surface area contributed by atoms with Gasteiger partial charge in [-0.15, -0.1) is 0 Å². The van der Waals surface area contributed by atoms with Gasteiger partial charge in [0.1, 0.15) is 0 Å². The molecule has 0 N–H and O–H groups in total. The predicted molar refractivity (Wildman–Crippen MR) is 79.2 cm³/mol. The SMILES string of the molecule is COc1ccc(C(Br)Cc2ccccn2)cc1OC. The highest BCUT2D eigenvalue weighted by Gasteiger charge is 2.12. The molecule has 100 valence electrons. The molecule has 0 aliphatic rings. The Kier molecular flexibility index (Phi) is 4.80. The average Bonchev–Trinajstić information content (AvgIpc) is 2.47. The Balaban J connectivity index is 2.17. The van der Waals surface area contributed by atoms with Crippen molar-refractivity contribution in [1.29, 1.82) is 0 Å². The highest BCUT2D eigenvalue weighted by molar-refractivity contribution is 9.09. The van der Waals surface area contributed by atoms with Crippen LogP contribution in [0.5, 0.6) is 11.5 Å². The van der Waals surface area contributed by atoms with E-state index in [1.54, 1.807) is 14.2 Å². The molecule has 0 bridgehead atoms. The third-order valence-electron chi connectivity index (χ3n) is 2.88. The van der Waals surface area contributed by atoms with Crippen LogP contribution >= 0.6 is 15.9 Å². The minimum Gasteiger partial charge on any atom is -0.493 e. The van der Waals surface area contributed by atoms with Gasteiger partial charge in [0.15, 0.2) is 11.5 Å². The number of hydrogen-bond acceptors (Lipinski definition) is 3. The second kappa shape index (κ2) is 6.57. The highest BCUT2D eigenvalue weighted by atomic mass is 79.9. The van der Waals surface area contributed by atoms with Crippen molar-refractivity contribution in [2.45, 2.75) is 11.2 Å². The summed E-state index contributed by atoms with van der Waals surface area (Å²) in [6.45, 7) is 0. The van der Waals surface area contributed by atoms with Crippen molar-refractivity contribution >= 4 is 15.9 Å². The topological polar surface area (TPSA) is 31.4 Å². The van der Waals surface area contributed by atoms with Crippen molar-refractivity contribution < 1.29 is 9.47 Å². The first kappa shape index (κ1) is 13.9. The Hall–Kier alpha value is -1.55. The lowest BCUT2D eigenvalue weighted by molar-refractivity contribution is 0.354. The Morgan fingerprint density at radius 3 is 2.53 bits per heavy atom. The van der Waals surface area contributed by atoms with Crippen LogP contribution < -0.4 is 9.47 Å². The van der Waals surface area contributed by atoms with Crippen LogP contribution in [0.4, 0.5) is 0 Å². The van der Waals surface area contributed by atoms with E-state index in [0.717, 1.165) is 29.2 Å². The average molecular weight is 322 g/mol. The van der Waals surface area contributed by atoms with Crippen LogP contribution in [0.25, 0.3) is 0 Å². The van der Waals surface area contributed by atoms with Gasteiger partial charge in [-0.25, -0.2) is 0 Å². The lowest BCUT2D eigenvalue weighted by atomic mass is 10.1. The summed E-state index contributed by atoms with van der Waals surface area (Å²) in [6, 6.07) is 11.9. The predicted octanol–water partition coefficient (Wildman–Crippen LogP) is 3.78. The first-order chi connectivity index (χ1) is 9.24. The van der Waals surface area contributed by atoms with E-state index in [4.69, 9.17) is 9.47 Å². The molecule has 1 heterocycles. The molecule has 1 unspecified atom stereocenters. The van der Waals surface area contributed by atoms with Gasteiger partial charge >= 0.3 is 0 Å². The summed E-state index contributed by atoms with van der Waals surface area (Å²) in [5.74, 6) is 1.48. The molecule has 0 spiro atoms. The first-order valence-electron chi connectivity index (χ1n) is 6.00. The number of pyridine rings is 1. The lowest BCUT2D eigenvalue weighted by Gasteiger charge is -2.13. The van der Waals surface area contributed by atoms with Crippen LogP contribution in [0.15, 0.2) is 42.6 Å². The molecule has 3 nitrogen and oxygen atoms in total. The van der Waals surface area contributed by atoms with E-state index in [1.807, 2.05) is 42.6 Å². The van der Waals surface area contributed by atoms with Crippen LogP contribution in [-0.2, 0) is 6.42 Å². The number of nitrogens with zero attached hydrogens (tertiary/aromatic N) is 1. The summed E-state index contributed by atoms with van der Waals surface area (Å²) >= 11 is 3.70. The van der Waals surface area contributed by atoms with E-state index in [-0.39, 0.29) is 4.83 Å². The molecule has 0 aliphatic heterocycles. The van der Waals surface area contributed by atoms with Gasteiger partial charge in [0.2, 0.25) is 0 Å². The lowest BCUT2D eigenvalue weighted by Crippen LogP contribution is -1.99. The summed E-state index contributed by atoms with van der Waals surface area (Å²) in [7, 11) is 3.28. The summed E-state index contributed by atoms with van der Waals surface area (Å²) in [4.78, 5) is 4.53. The number of alkyl halides is 1. The molecular formula is C15H16BrNO2. The van der Waals surface area contributed by atoms with E-state index < -0.39 is 0 Å². The maximum Gasteiger partial charge on any atom is 0.161 e. The Morgan fingerprint density at radius 2 is 1.89 bits per heavy atom. The van der Waals surface area contributed by atoms with Gasteiger partial charge < -0.3 is 9.47 Å². The van der Waals surface area contributed by atoms with Crippen molar-refractivity contribution in [3.05, 3.63) is 53.9 Å². The van der Waals surface area contributed by atoms with Gasteiger partial charge in [0, 0.05) is 23.1 Å². The summed E-state index contributed by atoms with van der Waals surface area (Å²) < 4.78 is 10.6. The van der Waals surface area contributed by atoms with Crippen LogP contribution in [0.3, 0.4) is 0 Å². The number of ether oxygens (including phenoxy) is 2. The van der Waals surface area contributed by atoms with Gasteiger partial charge in [-0.2, -0.15) is 0 Å². The molecule has 0 amide bonds. The van der Waals surface area contributed by atoms with Crippen LogP contribution in [-0.4, -0.2) is 19.2 Å². The van der Waals surface area contributed by atoms with E-state index in [0.29, 0.717) is 0 Å². The number of benzene rings is 1. The van der Waals surface area contributed by atoms with E-state index in [2.05, 4.69) is 20.9 Å². The van der Waals surface area contributed by atoms with Gasteiger partial charge in [-0.1, -0.05) is 28.1 Å². The molecule has 1 aromatic carbocycles. The normalized spacial score (nSPS) is 11.9. The van der Waals surface area contributed by atoms with Crippen molar-refractivity contribution in [2.24, 2.45) is 0 Å². The fraction of sp³-hybridized carbons (Fsp3) is 0.267. The standard InChI is InChI=1S/C15H16BrNO2/c1-18-14-7-6-11(9-15(14)19-2)13(16)10-12-5-3-4-8-17-12/h3-9,13H,10H2,1-2H3. The van der Waals surface area contributed by atoms with E-state index in [9.17, 15) is 0 Å². The molecule has 4 heteroatoms. The minimum atomic E-state index is 0.196. The molecule has 1 atom stereocenters. The van der Waals surface area contributed by atoms with Crippen molar-refractivity contribution in [2.75, 3.05) is 14.2 Å². The highest BCUT2D eigenvalue weighted by Crippen LogP contribution is 2.34. The first-order valence-corrected chi connectivity index (χ1v) is 6.92. The number of rotatable bonds is 5. The van der Waals surface area contributed by atoms with Gasteiger partial charge in [0.05, 0.1) is 14.2 Å². The second-order valence-corrected chi connectivity index (χ2v) is 5.21. The third kappa shape index (κ3) is 3.47. The maximum absolute atomic E-state index is 5.32. The monoisotopic (exact) mass is 321 g/mol. The number of methoxy groups -OCH3 is 2. The summed E-state index contributed by atoms with van der Waals surface area (Å²) in [5.41, 5.74) is 2.20. The number of hydrogen-bond donors (Lipinski definition) is 0. The molecule has 0 saturated heterocycles. The molecule has 0 saturated carbocycles. The largest absolute Gasteiger partial charge is 0.493 e. The molecule has 0 radical (unpaired) electrons. The van der Waals surface area contributed by atoms with Crippen molar-refractivity contribution in [3.8, 4) is 11.5 Å². The van der Waals surface area contributed by atoms with Crippen molar-refractivity contribution in [1.82, 2.24) is 4.98 Å². The molecule has 2 aromatic rings. The zero-order chi connectivity index (χ0) is 13.7. The van der Waals surface area contributed by atoms with Gasteiger partial charge in [-0.3, -0.25) is 4.98 Å². The Morgan fingerprint density at radius 1 is 1.11 bits per heavy atom. The number of aromatic nitrogens is 1. The summed E-state index contributed by atoms with van der Waals surface area (Å²) in [6.07, 6.45) is 2.64. The molecule has 1 aromatic heterocycles. The Labute approximate surface area is 121 Å². The zero-order valence-corrected chi connectivity index (χ0v) is 12.6. The minimum absolute atomic E-state index is 0.196. The summed E-state index contributed by atoms with van der Waals surface area (Å²) in [5, 5.41) is 0. The maximum atomic E-state index is 5.32. The fourth-order valence-corrected chi connectivity index (χ4v) is 2.48. The Bertz CT molecular complexity index is 531. The number of halogens is 1. The zero-order valence-electron chi connectivity index (χ0n) is 11.0.